The van der Waals surface area contributed by atoms with Gasteiger partial charge in [-0.3, -0.25) is 4.79 Å². The Kier molecular flexibility index (Phi) is 2.56. The standard InChI is InChI=1S/C13H15NO2/c1-13(2,8-15)14-12(16)11-7-6-9-4-3-5-10(9)11/h3-7,15H,8H2,1-2H3,(H,14,16). The highest BCUT2D eigenvalue weighted by atomic mass is 16.3. The number of fused-ring (bicyclic) bond motifs is 1. The SMILES string of the molecule is CC(C)(CO)NC(=O)C1=CC=C2C=CC=C21. The molecule has 0 saturated heterocycles. The van der Waals surface area contributed by atoms with Gasteiger partial charge in [0.25, 0.3) is 5.91 Å². The van der Waals surface area contributed by atoms with Crippen LogP contribution in [0.25, 0.3) is 0 Å². The monoisotopic (exact) mass is 217 g/mol. The molecule has 2 aliphatic carbocycles. The summed E-state index contributed by atoms with van der Waals surface area (Å²) in [5, 5.41) is 11.9. The van der Waals surface area contributed by atoms with Crippen molar-refractivity contribution in [1.82, 2.24) is 5.32 Å². The van der Waals surface area contributed by atoms with Crippen LogP contribution < -0.4 is 5.32 Å². The molecule has 84 valence electrons. The van der Waals surface area contributed by atoms with Gasteiger partial charge in [-0.1, -0.05) is 24.3 Å². The molecular weight excluding hydrogens is 202 g/mol. The van der Waals surface area contributed by atoms with E-state index in [4.69, 9.17) is 5.11 Å². The lowest BCUT2D eigenvalue weighted by Gasteiger charge is -2.24. The fourth-order valence-electron chi connectivity index (χ4n) is 1.70. The normalized spacial score (nSPS) is 17.8. The lowest BCUT2D eigenvalue weighted by atomic mass is 10.0. The summed E-state index contributed by atoms with van der Waals surface area (Å²) in [7, 11) is 0. The number of nitrogens with one attached hydrogen (secondary N) is 1. The van der Waals surface area contributed by atoms with Gasteiger partial charge < -0.3 is 10.4 Å². The minimum absolute atomic E-state index is 0.0798. The van der Waals surface area contributed by atoms with E-state index in [9.17, 15) is 4.79 Å². The molecule has 2 aliphatic rings. The van der Waals surface area contributed by atoms with Crippen molar-refractivity contribution in [3.05, 3.63) is 47.1 Å². The maximum atomic E-state index is 12.0. The van der Waals surface area contributed by atoms with Gasteiger partial charge in [-0.2, -0.15) is 0 Å². The van der Waals surface area contributed by atoms with Crippen LogP contribution >= 0.6 is 0 Å². The second-order valence-electron chi connectivity index (χ2n) is 4.64. The highest BCUT2D eigenvalue weighted by Crippen LogP contribution is 2.31. The van der Waals surface area contributed by atoms with Crippen LogP contribution in [-0.4, -0.2) is 23.2 Å². The van der Waals surface area contributed by atoms with Gasteiger partial charge in [-0.15, -0.1) is 0 Å². The number of hydrogen-bond donors (Lipinski definition) is 2. The highest BCUT2D eigenvalue weighted by molar-refractivity contribution is 6.02. The molecule has 0 aliphatic heterocycles. The Bertz CT molecular complexity index is 451. The molecule has 16 heavy (non-hydrogen) atoms. The van der Waals surface area contributed by atoms with E-state index in [0.717, 1.165) is 11.1 Å². The Labute approximate surface area is 94.9 Å². The zero-order valence-corrected chi connectivity index (χ0v) is 9.45. The summed E-state index contributed by atoms with van der Waals surface area (Å²) in [5.74, 6) is -0.139. The van der Waals surface area contributed by atoms with Gasteiger partial charge in [-0.05, 0) is 31.1 Å². The Morgan fingerprint density at radius 2 is 2.12 bits per heavy atom. The van der Waals surface area contributed by atoms with E-state index in [1.54, 1.807) is 13.8 Å². The molecule has 0 aromatic rings. The summed E-state index contributed by atoms with van der Waals surface area (Å²) in [6.07, 6.45) is 9.57. The molecule has 0 spiro atoms. The fraction of sp³-hybridized carbons (Fsp3) is 0.308. The predicted octanol–water partition coefficient (Wildman–Crippen LogP) is 1.24. The Morgan fingerprint density at radius 1 is 1.38 bits per heavy atom. The third kappa shape index (κ3) is 1.86. The zero-order chi connectivity index (χ0) is 11.8. The van der Waals surface area contributed by atoms with E-state index in [1.807, 2.05) is 30.4 Å². The molecule has 0 radical (unpaired) electrons. The van der Waals surface area contributed by atoms with E-state index >= 15 is 0 Å². The lowest BCUT2D eigenvalue weighted by molar-refractivity contribution is -0.119. The van der Waals surface area contributed by atoms with E-state index in [0.29, 0.717) is 5.57 Å². The maximum absolute atomic E-state index is 12.0. The second kappa shape index (κ2) is 3.76. The number of carbonyl (C=O) groups excluding carboxylic acids is 1. The molecule has 0 atom stereocenters. The summed E-state index contributed by atoms with van der Waals surface area (Å²) in [6.45, 7) is 3.50. The van der Waals surface area contributed by atoms with Crippen molar-refractivity contribution in [1.29, 1.82) is 0 Å². The molecule has 3 heteroatoms. The van der Waals surface area contributed by atoms with Crippen molar-refractivity contribution in [2.45, 2.75) is 19.4 Å². The third-order valence-electron chi connectivity index (χ3n) is 2.66. The van der Waals surface area contributed by atoms with Crippen LogP contribution in [0.15, 0.2) is 47.1 Å². The molecule has 0 heterocycles. The lowest BCUT2D eigenvalue weighted by Crippen LogP contribution is -2.46. The number of rotatable bonds is 3. The number of amides is 1. The molecule has 0 aromatic heterocycles. The molecule has 0 fully saturated rings. The minimum Gasteiger partial charge on any atom is -0.394 e. The maximum Gasteiger partial charge on any atom is 0.252 e. The van der Waals surface area contributed by atoms with Crippen molar-refractivity contribution in [3.63, 3.8) is 0 Å². The quantitative estimate of drug-likeness (QED) is 0.747. The van der Waals surface area contributed by atoms with Crippen LogP contribution in [0.5, 0.6) is 0 Å². The van der Waals surface area contributed by atoms with Gasteiger partial charge in [0.15, 0.2) is 0 Å². The molecule has 0 aromatic carbocycles. The van der Waals surface area contributed by atoms with Crippen molar-refractivity contribution in [2.75, 3.05) is 6.61 Å². The van der Waals surface area contributed by atoms with Crippen LogP contribution in [0.1, 0.15) is 13.8 Å². The smallest absolute Gasteiger partial charge is 0.252 e. The van der Waals surface area contributed by atoms with Crippen molar-refractivity contribution < 1.29 is 9.90 Å². The molecule has 0 unspecified atom stereocenters. The van der Waals surface area contributed by atoms with Crippen LogP contribution in [-0.2, 0) is 4.79 Å². The summed E-state index contributed by atoms with van der Waals surface area (Å²) in [6, 6.07) is 0. The summed E-state index contributed by atoms with van der Waals surface area (Å²) in [4.78, 5) is 12.0. The number of aliphatic hydroxyl groups is 1. The van der Waals surface area contributed by atoms with Crippen molar-refractivity contribution >= 4 is 5.91 Å². The van der Waals surface area contributed by atoms with E-state index in [-0.39, 0.29) is 12.5 Å². The third-order valence-corrected chi connectivity index (χ3v) is 2.66. The molecular formula is C13H15NO2. The zero-order valence-electron chi connectivity index (χ0n) is 9.45. The summed E-state index contributed by atoms with van der Waals surface area (Å²) < 4.78 is 0. The highest BCUT2D eigenvalue weighted by Gasteiger charge is 2.26. The van der Waals surface area contributed by atoms with Crippen molar-refractivity contribution in [2.24, 2.45) is 0 Å². The van der Waals surface area contributed by atoms with Crippen LogP contribution in [0, 0.1) is 0 Å². The molecule has 2 rings (SSSR count). The van der Waals surface area contributed by atoms with Gasteiger partial charge in [0.05, 0.1) is 12.1 Å². The van der Waals surface area contributed by atoms with Gasteiger partial charge in [0.2, 0.25) is 0 Å². The largest absolute Gasteiger partial charge is 0.394 e. The van der Waals surface area contributed by atoms with Gasteiger partial charge >= 0.3 is 0 Å². The first kappa shape index (κ1) is 10.9. The van der Waals surface area contributed by atoms with Crippen LogP contribution in [0.3, 0.4) is 0 Å². The summed E-state index contributed by atoms with van der Waals surface area (Å²) >= 11 is 0. The molecule has 0 saturated carbocycles. The van der Waals surface area contributed by atoms with Gasteiger partial charge in [-0.25, -0.2) is 0 Å². The second-order valence-corrected chi connectivity index (χ2v) is 4.64. The number of hydrogen-bond acceptors (Lipinski definition) is 2. The van der Waals surface area contributed by atoms with E-state index in [2.05, 4.69) is 5.32 Å². The fourth-order valence-corrected chi connectivity index (χ4v) is 1.70. The number of allylic oxidation sites excluding steroid dienone is 6. The molecule has 2 N–H and O–H groups in total. The summed E-state index contributed by atoms with van der Waals surface area (Å²) in [5.41, 5.74) is 2.12. The van der Waals surface area contributed by atoms with Crippen LogP contribution in [0.2, 0.25) is 0 Å². The minimum atomic E-state index is -0.590. The van der Waals surface area contributed by atoms with E-state index < -0.39 is 5.54 Å². The molecule has 3 nitrogen and oxygen atoms in total. The molecule has 1 amide bonds. The average Bonchev–Trinajstić information content (AvgIpc) is 2.77. The Morgan fingerprint density at radius 3 is 2.81 bits per heavy atom. The predicted molar refractivity (Wildman–Crippen MR) is 62.7 cm³/mol. The first-order valence-electron chi connectivity index (χ1n) is 5.28. The Hall–Kier alpha value is -1.61. The average molecular weight is 217 g/mol. The van der Waals surface area contributed by atoms with Gasteiger partial charge in [0.1, 0.15) is 0 Å². The number of carbonyl (C=O) groups is 1. The first-order valence-corrected chi connectivity index (χ1v) is 5.28. The number of aliphatic hydroxyl groups excluding tert-OH is 1. The van der Waals surface area contributed by atoms with Crippen molar-refractivity contribution in [3.8, 4) is 0 Å². The Balaban J connectivity index is 2.09. The van der Waals surface area contributed by atoms with Crippen LogP contribution in [0.4, 0.5) is 0 Å². The topological polar surface area (TPSA) is 49.3 Å². The first-order chi connectivity index (χ1) is 7.53. The molecule has 0 bridgehead atoms. The van der Waals surface area contributed by atoms with E-state index in [1.165, 1.54) is 0 Å². The van der Waals surface area contributed by atoms with Gasteiger partial charge in [0, 0.05) is 5.57 Å².